The second-order valence-corrected chi connectivity index (χ2v) is 4.74. The molecule has 1 fully saturated rings. The summed E-state index contributed by atoms with van der Waals surface area (Å²) in [5.74, 6) is 0.950. The first-order valence-electron chi connectivity index (χ1n) is 6.70. The maximum Gasteiger partial charge on any atom is 0.274 e. The van der Waals surface area contributed by atoms with E-state index in [4.69, 9.17) is 5.11 Å². The molecular formula is C13H20N4O2. The molecule has 19 heavy (non-hydrogen) atoms. The Labute approximate surface area is 112 Å². The second kappa shape index (κ2) is 6.47. The molecule has 104 valence electrons. The highest BCUT2D eigenvalue weighted by Crippen LogP contribution is 2.20. The number of aliphatic hydroxyl groups is 1. The fourth-order valence-electron chi connectivity index (χ4n) is 2.33. The minimum absolute atomic E-state index is 0.0762. The fourth-order valence-corrected chi connectivity index (χ4v) is 2.33. The van der Waals surface area contributed by atoms with E-state index >= 15 is 0 Å². The van der Waals surface area contributed by atoms with E-state index in [0.29, 0.717) is 24.0 Å². The summed E-state index contributed by atoms with van der Waals surface area (Å²) >= 11 is 0. The van der Waals surface area contributed by atoms with Crippen LogP contribution in [0.5, 0.6) is 0 Å². The molecule has 1 aliphatic heterocycles. The van der Waals surface area contributed by atoms with Gasteiger partial charge in [0.2, 0.25) is 0 Å². The summed E-state index contributed by atoms with van der Waals surface area (Å²) < 4.78 is 0. The summed E-state index contributed by atoms with van der Waals surface area (Å²) in [4.78, 5) is 22.4. The summed E-state index contributed by atoms with van der Waals surface area (Å²) in [6.07, 6.45) is 4.82. The van der Waals surface area contributed by atoms with Crippen LogP contribution in [0.15, 0.2) is 12.4 Å². The molecule has 1 atom stereocenters. The van der Waals surface area contributed by atoms with Crippen LogP contribution >= 0.6 is 0 Å². The van der Waals surface area contributed by atoms with Gasteiger partial charge in [-0.3, -0.25) is 9.78 Å². The van der Waals surface area contributed by atoms with Crippen LogP contribution in [0.4, 0.5) is 5.82 Å². The molecular weight excluding hydrogens is 244 g/mol. The number of aliphatic hydroxyl groups excluding tert-OH is 1. The van der Waals surface area contributed by atoms with Crippen molar-refractivity contribution in [3.63, 3.8) is 0 Å². The predicted molar refractivity (Wildman–Crippen MR) is 71.9 cm³/mol. The number of carbonyl (C=O) groups is 1. The maximum absolute atomic E-state index is 12.3. The molecule has 0 aromatic carbocycles. The summed E-state index contributed by atoms with van der Waals surface area (Å²) in [6, 6.07) is 0. The van der Waals surface area contributed by atoms with E-state index in [1.54, 1.807) is 11.1 Å². The molecule has 0 radical (unpaired) electrons. The van der Waals surface area contributed by atoms with Crippen molar-refractivity contribution in [2.24, 2.45) is 5.92 Å². The van der Waals surface area contributed by atoms with Gasteiger partial charge in [0.1, 0.15) is 11.5 Å². The molecule has 6 heteroatoms. The normalized spacial score (nSPS) is 18.6. The van der Waals surface area contributed by atoms with Crippen molar-refractivity contribution in [1.29, 1.82) is 0 Å². The van der Waals surface area contributed by atoms with Crippen LogP contribution in [0.2, 0.25) is 0 Å². The molecule has 1 unspecified atom stereocenters. The van der Waals surface area contributed by atoms with Gasteiger partial charge in [0.05, 0.1) is 12.4 Å². The second-order valence-electron chi connectivity index (χ2n) is 4.74. The first-order chi connectivity index (χ1) is 9.24. The van der Waals surface area contributed by atoms with Crippen molar-refractivity contribution in [2.75, 3.05) is 31.6 Å². The average Bonchev–Trinajstić information content (AvgIpc) is 2.88. The number of anilines is 1. The lowest BCUT2D eigenvalue weighted by Crippen LogP contribution is -2.29. The lowest BCUT2D eigenvalue weighted by molar-refractivity contribution is 0.0778. The standard InChI is InChI=1S/C13H20N4O2/c1-2-15-12-8-14-7-11(16-12)13(19)17-5-3-10(9-17)4-6-18/h7-8,10,18H,2-6,9H2,1H3,(H,15,16). The SMILES string of the molecule is CCNc1cncc(C(=O)N2CCC(CCO)C2)n1. The lowest BCUT2D eigenvalue weighted by atomic mass is 10.1. The van der Waals surface area contributed by atoms with Crippen molar-refractivity contribution >= 4 is 11.7 Å². The van der Waals surface area contributed by atoms with E-state index in [1.807, 2.05) is 6.92 Å². The quantitative estimate of drug-likeness (QED) is 0.820. The summed E-state index contributed by atoms with van der Waals surface area (Å²) in [7, 11) is 0. The summed E-state index contributed by atoms with van der Waals surface area (Å²) in [5.41, 5.74) is 0.378. The Morgan fingerprint density at radius 3 is 3.16 bits per heavy atom. The van der Waals surface area contributed by atoms with Gasteiger partial charge < -0.3 is 15.3 Å². The Hall–Kier alpha value is -1.69. The Morgan fingerprint density at radius 1 is 1.58 bits per heavy atom. The molecule has 2 N–H and O–H groups in total. The summed E-state index contributed by atoms with van der Waals surface area (Å²) in [6.45, 7) is 4.33. The third-order valence-corrected chi connectivity index (χ3v) is 3.32. The molecule has 1 aliphatic rings. The van der Waals surface area contributed by atoms with Crippen molar-refractivity contribution in [3.8, 4) is 0 Å². The molecule has 1 saturated heterocycles. The Bertz CT molecular complexity index is 438. The fraction of sp³-hybridized carbons (Fsp3) is 0.615. The number of hydrogen-bond acceptors (Lipinski definition) is 5. The van der Waals surface area contributed by atoms with E-state index < -0.39 is 0 Å². The molecule has 2 heterocycles. The number of carbonyl (C=O) groups excluding carboxylic acids is 1. The smallest absolute Gasteiger partial charge is 0.274 e. The Morgan fingerprint density at radius 2 is 2.42 bits per heavy atom. The molecule has 0 spiro atoms. The van der Waals surface area contributed by atoms with Crippen LogP contribution in [0.25, 0.3) is 0 Å². The van der Waals surface area contributed by atoms with Crippen LogP contribution in [-0.2, 0) is 0 Å². The predicted octanol–water partition coefficient (Wildman–Crippen LogP) is 0.753. The average molecular weight is 264 g/mol. The summed E-state index contributed by atoms with van der Waals surface area (Å²) in [5, 5.41) is 12.0. The van der Waals surface area contributed by atoms with Gasteiger partial charge in [-0.1, -0.05) is 0 Å². The minimum atomic E-state index is -0.0762. The van der Waals surface area contributed by atoms with Gasteiger partial charge in [0.25, 0.3) is 5.91 Å². The minimum Gasteiger partial charge on any atom is -0.396 e. The molecule has 0 bridgehead atoms. The number of amides is 1. The molecule has 0 saturated carbocycles. The number of rotatable bonds is 5. The van der Waals surface area contributed by atoms with Gasteiger partial charge in [-0.15, -0.1) is 0 Å². The van der Waals surface area contributed by atoms with Gasteiger partial charge in [0.15, 0.2) is 0 Å². The highest BCUT2D eigenvalue weighted by molar-refractivity contribution is 5.92. The van der Waals surface area contributed by atoms with E-state index in [1.165, 1.54) is 6.20 Å². The third kappa shape index (κ3) is 3.41. The van der Waals surface area contributed by atoms with Gasteiger partial charge in [-0.2, -0.15) is 0 Å². The van der Waals surface area contributed by atoms with Crippen LogP contribution in [0.1, 0.15) is 30.3 Å². The first-order valence-corrected chi connectivity index (χ1v) is 6.70. The van der Waals surface area contributed by atoms with E-state index in [0.717, 1.165) is 25.9 Å². The first kappa shape index (κ1) is 13.7. The van der Waals surface area contributed by atoms with Crippen molar-refractivity contribution < 1.29 is 9.90 Å². The maximum atomic E-state index is 12.3. The van der Waals surface area contributed by atoms with E-state index in [9.17, 15) is 4.79 Å². The molecule has 1 amide bonds. The van der Waals surface area contributed by atoms with Crippen LogP contribution in [0.3, 0.4) is 0 Å². The van der Waals surface area contributed by atoms with Crippen molar-refractivity contribution in [3.05, 3.63) is 18.1 Å². The highest BCUT2D eigenvalue weighted by Gasteiger charge is 2.27. The zero-order valence-electron chi connectivity index (χ0n) is 11.2. The zero-order valence-corrected chi connectivity index (χ0v) is 11.2. The van der Waals surface area contributed by atoms with Gasteiger partial charge in [-0.05, 0) is 25.7 Å². The topological polar surface area (TPSA) is 78.4 Å². The monoisotopic (exact) mass is 264 g/mol. The highest BCUT2D eigenvalue weighted by atomic mass is 16.3. The van der Waals surface area contributed by atoms with Crippen LogP contribution in [-0.4, -0.2) is 52.1 Å². The third-order valence-electron chi connectivity index (χ3n) is 3.32. The van der Waals surface area contributed by atoms with Gasteiger partial charge in [0, 0.05) is 26.2 Å². The molecule has 6 nitrogen and oxygen atoms in total. The number of likely N-dealkylation sites (tertiary alicyclic amines) is 1. The van der Waals surface area contributed by atoms with Crippen LogP contribution < -0.4 is 5.32 Å². The lowest BCUT2D eigenvalue weighted by Gasteiger charge is -2.16. The van der Waals surface area contributed by atoms with Crippen molar-refractivity contribution in [1.82, 2.24) is 14.9 Å². The molecule has 1 aromatic heterocycles. The van der Waals surface area contributed by atoms with Crippen molar-refractivity contribution in [2.45, 2.75) is 19.8 Å². The Kier molecular flexibility index (Phi) is 4.68. The van der Waals surface area contributed by atoms with E-state index in [-0.39, 0.29) is 12.5 Å². The number of aromatic nitrogens is 2. The van der Waals surface area contributed by atoms with Gasteiger partial charge >= 0.3 is 0 Å². The molecule has 1 aromatic rings. The van der Waals surface area contributed by atoms with Crippen LogP contribution in [0, 0.1) is 5.92 Å². The molecule has 2 rings (SSSR count). The number of nitrogens with zero attached hydrogens (tertiary/aromatic N) is 3. The zero-order chi connectivity index (χ0) is 13.7. The molecule has 0 aliphatic carbocycles. The van der Waals surface area contributed by atoms with E-state index in [2.05, 4.69) is 15.3 Å². The largest absolute Gasteiger partial charge is 0.396 e. The number of hydrogen-bond donors (Lipinski definition) is 2. The number of nitrogens with one attached hydrogen (secondary N) is 1. The Balaban J connectivity index is 2.01. The van der Waals surface area contributed by atoms with Gasteiger partial charge in [-0.25, -0.2) is 4.98 Å².